The second kappa shape index (κ2) is 9.54. The van der Waals surface area contributed by atoms with Crippen LogP contribution in [0.1, 0.15) is 31.0 Å². The van der Waals surface area contributed by atoms with Crippen molar-refractivity contribution in [3.8, 4) is 0 Å². The number of hydrogen-bond acceptors (Lipinski definition) is 4. The van der Waals surface area contributed by atoms with Crippen LogP contribution in [0.4, 0.5) is 9.18 Å². The lowest BCUT2D eigenvalue weighted by atomic mass is 9.96. The lowest BCUT2D eigenvalue weighted by molar-refractivity contribution is -0.139. The molecule has 2 amide bonds. The monoisotopic (exact) mass is 411 g/mol. The molecule has 2 atom stereocenters. The molecule has 0 aromatic heterocycles. The van der Waals surface area contributed by atoms with Crippen LogP contribution in [0.15, 0.2) is 65.9 Å². The van der Waals surface area contributed by atoms with E-state index in [-0.39, 0.29) is 24.5 Å². The largest absolute Gasteiger partial charge is 0.463 e. The number of benzene rings is 2. The summed E-state index contributed by atoms with van der Waals surface area (Å²) >= 11 is 0. The average molecular weight is 411 g/mol. The number of halogens is 1. The second-order valence-corrected chi connectivity index (χ2v) is 7.21. The van der Waals surface area contributed by atoms with E-state index in [0.717, 1.165) is 11.1 Å². The number of esters is 1. The first-order valence-corrected chi connectivity index (χ1v) is 9.89. The number of nitrogens with zero attached hydrogens (tertiary/aromatic N) is 1. The van der Waals surface area contributed by atoms with Crippen LogP contribution < -0.4 is 10.6 Å². The van der Waals surface area contributed by atoms with Crippen molar-refractivity contribution in [1.29, 1.82) is 0 Å². The molecule has 1 aliphatic heterocycles. The summed E-state index contributed by atoms with van der Waals surface area (Å²) in [5.41, 5.74) is 2.80. The minimum absolute atomic E-state index is 0.204. The standard InChI is InChI=1S/C23H26FN3O3/c1-4-30-22(28)20-15(2)25-23(29)26-19(20)14-27(3)21(16-8-6-5-7-9-16)17-10-12-18(24)13-11-17/h5-13,15,21H,4,14H2,1-3H3,(H2,25,26,29)/t15-,21+/m0/s1. The molecule has 0 saturated heterocycles. The molecular weight excluding hydrogens is 385 g/mol. The van der Waals surface area contributed by atoms with Crippen LogP contribution in [0.3, 0.4) is 0 Å². The first-order chi connectivity index (χ1) is 14.4. The first kappa shape index (κ1) is 21.5. The molecule has 0 aliphatic carbocycles. The van der Waals surface area contributed by atoms with Gasteiger partial charge in [0.05, 0.1) is 24.3 Å². The van der Waals surface area contributed by atoms with Crippen LogP contribution >= 0.6 is 0 Å². The zero-order chi connectivity index (χ0) is 21.7. The average Bonchev–Trinajstić information content (AvgIpc) is 2.70. The lowest BCUT2D eigenvalue weighted by Crippen LogP contribution is -2.51. The van der Waals surface area contributed by atoms with Gasteiger partial charge in [0.2, 0.25) is 0 Å². The van der Waals surface area contributed by atoms with Crippen LogP contribution in [-0.4, -0.2) is 43.1 Å². The molecule has 0 saturated carbocycles. The lowest BCUT2D eigenvalue weighted by Gasteiger charge is -2.33. The van der Waals surface area contributed by atoms with Crippen LogP contribution in [0.5, 0.6) is 0 Å². The van der Waals surface area contributed by atoms with Crippen LogP contribution in [0.2, 0.25) is 0 Å². The van der Waals surface area contributed by atoms with Gasteiger partial charge in [0.1, 0.15) is 5.82 Å². The molecule has 30 heavy (non-hydrogen) atoms. The molecule has 158 valence electrons. The smallest absolute Gasteiger partial charge is 0.337 e. The normalized spacial score (nSPS) is 17.4. The van der Waals surface area contributed by atoms with Crippen LogP contribution in [0.25, 0.3) is 0 Å². The Morgan fingerprint density at radius 1 is 1.13 bits per heavy atom. The van der Waals surface area contributed by atoms with Crippen molar-refractivity contribution in [3.05, 3.63) is 82.8 Å². The molecule has 2 N–H and O–H groups in total. The maximum absolute atomic E-state index is 13.5. The Morgan fingerprint density at radius 2 is 1.77 bits per heavy atom. The number of carbonyl (C=O) groups excluding carboxylic acids is 2. The Morgan fingerprint density at radius 3 is 2.40 bits per heavy atom. The number of ether oxygens (including phenoxy) is 1. The fraction of sp³-hybridized carbons (Fsp3) is 0.304. The van der Waals surface area contributed by atoms with Crippen molar-refractivity contribution in [2.75, 3.05) is 20.2 Å². The molecule has 0 radical (unpaired) electrons. The Balaban J connectivity index is 1.98. The Labute approximate surface area is 175 Å². The number of nitrogens with one attached hydrogen (secondary N) is 2. The number of hydrogen-bond donors (Lipinski definition) is 2. The van der Waals surface area contributed by atoms with E-state index in [4.69, 9.17) is 4.74 Å². The fourth-order valence-electron chi connectivity index (χ4n) is 3.73. The molecule has 7 heteroatoms. The van der Waals surface area contributed by atoms with E-state index in [9.17, 15) is 14.0 Å². The molecule has 0 bridgehead atoms. The van der Waals surface area contributed by atoms with Gasteiger partial charge in [0.15, 0.2) is 0 Å². The van der Waals surface area contributed by atoms with Crippen molar-refractivity contribution < 1.29 is 18.7 Å². The third-order valence-corrected chi connectivity index (χ3v) is 5.01. The van der Waals surface area contributed by atoms with Crippen LogP contribution in [-0.2, 0) is 9.53 Å². The molecule has 2 aromatic rings. The zero-order valence-corrected chi connectivity index (χ0v) is 17.3. The number of urea groups is 1. The molecular formula is C23H26FN3O3. The summed E-state index contributed by atoms with van der Waals surface area (Å²) < 4.78 is 18.7. The Hall–Kier alpha value is -3.19. The predicted octanol–water partition coefficient (Wildman–Crippen LogP) is 3.37. The zero-order valence-electron chi connectivity index (χ0n) is 17.3. The summed E-state index contributed by atoms with van der Waals surface area (Å²) in [4.78, 5) is 26.6. The maximum atomic E-state index is 13.5. The molecule has 2 aromatic carbocycles. The Bertz CT molecular complexity index is 928. The fourth-order valence-corrected chi connectivity index (χ4v) is 3.73. The van der Waals surface area contributed by atoms with E-state index in [2.05, 4.69) is 10.6 Å². The minimum atomic E-state index is -0.470. The first-order valence-electron chi connectivity index (χ1n) is 9.89. The van der Waals surface area contributed by atoms with Gasteiger partial charge in [-0.15, -0.1) is 0 Å². The highest BCUT2D eigenvalue weighted by molar-refractivity contribution is 5.94. The summed E-state index contributed by atoms with van der Waals surface area (Å²) in [5, 5.41) is 5.46. The highest BCUT2D eigenvalue weighted by Gasteiger charge is 2.31. The topological polar surface area (TPSA) is 70.7 Å². The molecule has 0 spiro atoms. The van der Waals surface area contributed by atoms with Crippen molar-refractivity contribution in [2.24, 2.45) is 0 Å². The van der Waals surface area contributed by atoms with E-state index in [1.54, 1.807) is 26.0 Å². The van der Waals surface area contributed by atoms with E-state index < -0.39 is 12.0 Å². The summed E-state index contributed by atoms with van der Waals surface area (Å²) in [6, 6.07) is 15.1. The van der Waals surface area contributed by atoms with E-state index in [1.807, 2.05) is 42.3 Å². The summed E-state index contributed by atoms with van der Waals surface area (Å²) in [7, 11) is 1.90. The summed E-state index contributed by atoms with van der Waals surface area (Å²) in [6.45, 7) is 4.03. The molecule has 0 fully saturated rings. The van der Waals surface area contributed by atoms with E-state index in [1.165, 1.54) is 12.1 Å². The van der Waals surface area contributed by atoms with Crippen molar-refractivity contribution >= 4 is 12.0 Å². The van der Waals surface area contributed by atoms with Gasteiger partial charge in [0.25, 0.3) is 0 Å². The minimum Gasteiger partial charge on any atom is -0.463 e. The highest BCUT2D eigenvalue weighted by atomic mass is 19.1. The van der Waals surface area contributed by atoms with Crippen LogP contribution in [0, 0.1) is 5.82 Å². The summed E-state index contributed by atoms with van der Waals surface area (Å²) in [6.07, 6.45) is 0. The van der Waals surface area contributed by atoms with E-state index >= 15 is 0 Å². The molecule has 0 unspecified atom stereocenters. The number of carbonyl (C=O) groups is 2. The predicted molar refractivity (Wildman–Crippen MR) is 112 cm³/mol. The molecule has 3 rings (SSSR count). The maximum Gasteiger partial charge on any atom is 0.337 e. The summed E-state index contributed by atoms with van der Waals surface area (Å²) in [5.74, 6) is -0.765. The quantitative estimate of drug-likeness (QED) is 0.686. The third kappa shape index (κ3) is 4.86. The molecule has 6 nitrogen and oxygen atoms in total. The SMILES string of the molecule is CCOC(=O)C1=C(CN(C)[C@H](c2ccccc2)c2ccc(F)cc2)NC(=O)N[C@H]1C. The van der Waals surface area contributed by atoms with E-state index in [0.29, 0.717) is 17.8 Å². The van der Waals surface area contributed by atoms with Gasteiger partial charge in [0, 0.05) is 12.2 Å². The van der Waals surface area contributed by atoms with Gasteiger partial charge < -0.3 is 15.4 Å². The van der Waals surface area contributed by atoms with Gasteiger partial charge in [-0.1, -0.05) is 42.5 Å². The number of amides is 2. The van der Waals surface area contributed by atoms with Gasteiger partial charge >= 0.3 is 12.0 Å². The molecule has 1 aliphatic rings. The van der Waals surface area contributed by atoms with Crippen molar-refractivity contribution in [2.45, 2.75) is 25.9 Å². The van der Waals surface area contributed by atoms with Gasteiger partial charge in [-0.2, -0.15) is 0 Å². The Kier molecular flexibility index (Phi) is 6.84. The van der Waals surface area contributed by atoms with Gasteiger partial charge in [-0.25, -0.2) is 14.0 Å². The highest BCUT2D eigenvalue weighted by Crippen LogP contribution is 2.29. The van der Waals surface area contributed by atoms with Crippen molar-refractivity contribution in [3.63, 3.8) is 0 Å². The van der Waals surface area contributed by atoms with Crippen molar-refractivity contribution in [1.82, 2.24) is 15.5 Å². The molecule has 1 heterocycles. The third-order valence-electron chi connectivity index (χ3n) is 5.01. The number of rotatable bonds is 7. The van der Waals surface area contributed by atoms with Gasteiger partial charge in [-0.05, 0) is 44.2 Å². The number of likely N-dealkylation sites (N-methyl/N-ethyl adjacent to an activating group) is 1. The second-order valence-electron chi connectivity index (χ2n) is 7.21. The van der Waals surface area contributed by atoms with Gasteiger partial charge in [-0.3, -0.25) is 4.90 Å².